The molecule has 0 unspecified atom stereocenters. The number of benzene rings is 2. The number of anilines is 1. The van der Waals surface area contributed by atoms with Crippen LogP contribution in [0.3, 0.4) is 0 Å². The van der Waals surface area contributed by atoms with E-state index in [0.29, 0.717) is 32.7 Å². The number of piperidine rings is 1. The van der Waals surface area contributed by atoms with Crippen molar-refractivity contribution in [2.24, 2.45) is 0 Å². The lowest BCUT2D eigenvalue weighted by Gasteiger charge is -2.28. The summed E-state index contributed by atoms with van der Waals surface area (Å²) in [6.45, 7) is 7.76. The van der Waals surface area contributed by atoms with Gasteiger partial charge in [-0.2, -0.15) is 0 Å². The number of hydrogen-bond acceptors (Lipinski definition) is 5. The molecule has 1 heterocycles. The molecule has 0 radical (unpaired) electrons. The molecule has 3 rings (SSSR count). The monoisotopic (exact) mass is 434 g/mol. The number of nitrogens with one attached hydrogen (secondary N) is 1. The van der Waals surface area contributed by atoms with Gasteiger partial charge in [0.25, 0.3) is 10.0 Å². The number of aryl methyl sites for hydroxylation is 1. The molecule has 2 aromatic rings. The van der Waals surface area contributed by atoms with Crippen LogP contribution < -0.4 is 9.46 Å². The van der Waals surface area contributed by atoms with Crippen LogP contribution in [0, 0.1) is 20.8 Å². The maximum Gasteiger partial charge on any atom is 0.262 e. The van der Waals surface area contributed by atoms with Gasteiger partial charge in [0.05, 0.1) is 12.0 Å². The number of rotatable bonds is 6. The summed E-state index contributed by atoms with van der Waals surface area (Å²) in [5.41, 5.74) is 2.80. The number of ether oxygens (including phenoxy) is 1. The van der Waals surface area contributed by atoms with Gasteiger partial charge in [-0.05, 0) is 101 Å². The molecule has 0 amide bonds. The van der Waals surface area contributed by atoms with Crippen LogP contribution in [0.4, 0.5) is 5.69 Å². The molecule has 0 atom stereocenters. The Balaban J connectivity index is 1.75. The molecule has 29 heavy (non-hydrogen) atoms. The van der Waals surface area contributed by atoms with Crippen LogP contribution in [0.1, 0.15) is 29.5 Å². The topological polar surface area (TPSA) is 58.6 Å². The fraction of sp³-hybridized carbons (Fsp3) is 0.455. The largest absolute Gasteiger partial charge is 0.496 e. The molecule has 0 spiro atoms. The maximum atomic E-state index is 13.1. The predicted octanol–water partition coefficient (Wildman–Crippen LogP) is 4.61. The summed E-state index contributed by atoms with van der Waals surface area (Å²) in [5.74, 6) is 0.703. The van der Waals surface area contributed by atoms with E-state index in [-0.39, 0.29) is 0 Å². The van der Waals surface area contributed by atoms with Gasteiger partial charge in [-0.3, -0.25) is 4.72 Å². The Morgan fingerprint density at radius 3 is 2.28 bits per heavy atom. The highest BCUT2D eigenvalue weighted by Crippen LogP contribution is 2.33. The van der Waals surface area contributed by atoms with Crippen molar-refractivity contribution in [3.8, 4) is 5.75 Å². The second-order valence-corrected chi connectivity index (χ2v) is 10.7. The van der Waals surface area contributed by atoms with E-state index in [1.165, 1.54) is 17.7 Å². The average Bonchev–Trinajstić information content (AvgIpc) is 2.67. The highest BCUT2D eigenvalue weighted by atomic mass is 32.2. The molecular weight excluding hydrogens is 404 g/mol. The van der Waals surface area contributed by atoms with Crippen molar-refractivity contribution in [2.45, 2.75) is 48.7 Å². The van der Waals surface area contributed by atoms with Crippen molar-refractivity contribution in [3.05, 3.63) is 47.0 Å². The Morgan fingerprint density at radius 2 is 1.69 bits per heavy atom. The van der Waals surface area contributed by atoms with Gasteiger partial charge in [-0.15, -0.1) is 11.8 Å². The van der Waals surface area contributed by atoms with Gasteiger partial charge in [0.2, 0.25) is 0 Å². The van der Waals surface area contributed by atoms with E-state index in [1.807, 2.05) is 49.9 Å². The lowest BCUT2D eigenvalue weighted by atomic mass is 10.1. The zero-order chi connectivity index (χ0) is 21.2. The zero-order valence-electron chi connectivity index (χ0n) is 17.8. The predicted molar refractivity (Wildman–Crippen MR) is 121 cm³/mol. The summed E-state index contributed by atoms with van der Waals surface area (Å²) in [7, 11) is 0.0720. The summed E-state index contributed by atoms with van der Waals surface area (Å²) in [5, 5.41) is 0.626. The first-order valence-corrected chi connectivity index (χ1v) is 12.2. The zero-order valence-corrected chi connectivity index (χ0v) is 19.4. The van der Waals surface area contributed by atoms with Gasteiger partial charge < -0.3 is 9.64 Å². The molecule has 0 bridgehead atoms. The van der Waals surface area contributed by atoms with Crippen LogP contribution in [0.5, 0.6) is 5.75 Å². The van der Waals surface area contributed by atoms with Crippen LogP contribution in [-0.2, 0) is 10.0 Å². The third kappa shape index (κ3) is 5.08. The molecule has 2 aromatic carbocycles. The van der Waals surface area contributed by atoms with Crippen molar-refractivity contribution in [2.75, 3.05) is 32.0 Å². The van der Waals surface area contributed by atoms with Crippen LogP contribution in [0.2, 0.25) is 0 Å². The SMILES string of the molecule is COc1cc(C)c(S(=O)(=O)Nc2ccc(SC3CCN(C)CC3)cc2)c(C)c1C. The van der Waals surface area contributed by atoms with E-state index in [4.69, 9.17) is 4.74 Å². The number of sulfonamides is 1. The van der Waals surface area contributed by atoms with Crippen molar-refractivity contribution < 1.29 is 13.2 Å². The van der Waals surface area contributed by atoms with E-state index in [9.17, 15) is 8.42 Å². The first kappa shape index (κ1) is 22.0. The van der Waals surface area contributed by atoms with E-state index < -0.39 is 10.0 Å². The van der Waals surface area contributed by atoms with Crippen LogP contribution in [0.25, 0.3) is 0 Å². The molecule has 0 aromatic heterocycles. The number of likely N-dealkylation sites (tertiary alicyclic amines) is 1. The third-order valence-electron chi connectivity index (χ3n) is 5.54. The fourth-order valence-corrected chi connectivity index (χ4v) is 6.46. The number of nitrogens with zero attached hydrogens (tertiary/aromatic N) is 1. The Kier molecular flexibility index (Phi) is 6.81. The molecule has 0 aliphatic carbocycles. The first-order chi connectivity index (χ1) is 13.7. The third-order valence-corrected chi connectivity index (χ3v) is 8.56. The van der Waals surface area contributed by atoms with E-state index >= 15 is 0 Å². The summed E-state index contributed by atoms with van der Waals surface area (Å²) in [4.78, 5) is 3.86. The molecule has 158 valence electrons. The summed E-state index contributed by atoms with van der Waals surface area (Å²) in [6.07, 6.45) is 2.37. The quantitative estimate of drug-likeness (QED) is 0.720. The van der Waals surface area contributed by atoms with Crippen LogP contribution in [-0.4, -0.2) is 45.8 Å². The second kappa shape index (κ2) is 8.98. The smallest absolute Gasteiger partial charge is 0.262 e. The van der Waals surface area contributed by atoms with E-state index in [2.05, 4.69) is 16.7 Å². The van der Waals surface area contributed by atoms with Gasteiger partial charge in [0.15, 0.2) is 0 Å². The highest BCUT2D eigenvalue weighted by molar-refractivity contribution is 8.00. The minimum Gasteiger partial charge on any atom is -0.496 e. The lowest BCUT2D eigenvalue weighted by molar-refractivity contribution is 0.282. The van der Waals surface area contributed by atoms with Crippen LogP contribution in [0.15, 0.2) is 40.1 Å². The molecule has 1 saturated heterocycles. The summed E-state index contributed by atoms with van der Waals surface area (Å²) in [6, 6.07) is 9.46. The Hall–Kier alpha value is -1.70. The fourth-order valence-electron chi connectivity index (χ4n) is 3.75. The highest BCUT2D eigenvalue weighted by Gasteiger charge is 2.23. The molecule has 1 aliphatic rings. The van der Waals surface area contributed by atoms with Crippen molar-refractivity contribution in [1.29, 1.82) is 0 Å². The van der Waals surface area contributed by atoms with Gasteiger partial charge in [-0.25, -0.2) is 8.42 Å². The average molecular weight is 435 g/mol. The normalized spacial score (nSPS) is 16.0. The Bertz CT molecular complexity index is 965. The Morgan fingerprint density at radius 1 is 1.07 bits per heavy atom. The molecule has 5 nitrogen and oxygen atoms in total. The minimum atomic E-state index is -3.69. The van der Waals surface area contributed by atoms with Crippen molar-refractivity contribution in [1.82, 2.24) is 4.90 Å². The van der Waals surface area contributed by atoms with E-state index in [0.717, 1.165) is 18.7 Å². The number of thioether (sulfide) groups is 1. The van der Waals surface area contributed by atoms with Crippen molar-refractivity contribution >= 4 is 27.5 Å². The van der Waals surface area contributed by atoms with Crippen molar-refractivity contribution in [3.63, 3.8) is 0 Å². The van der Waals surface area contributed by atoms with Crippen LogP contribution >= 0.6 is 11.8 Å². The molecule has 7 heteroatoms. The number of hydrogen-bond donors (Lipinski definition) is 1. The van der Waals surface area contributed by atoms with Gasteiger partial charge in [0, 0.05) is 15.8 Å². The van der Waals surface area contributed by atoms with Gasteiger partial charge in [0.1, 0.15) is 5.75 Å². The van der Waals surface area contributed by atoms with Gasteiger partial charge >= 0.3 is 0 Å². The molecular formula is C22H30N2O3S2. The lowest BCUT2D eigenvalue weighted by Crippen LogP contribution is -2.31. The maximum absolute atomic E-state index is 13.1. The number of methoxy groups -OCH3 is 1. The summed E-state index contributed by atoms with van der Waals surface area (Å²) >= 11 is 1.88. The second-order valence-electron chi connectivity index (χ2n) is 7.73. The standard InChI is InChI=1S/C22H30N2O3S2/c1-15-14-21(27-5)16(2)17(3)22(15)29(25,26)23-18-6-8-19(9-7-18)28-20-10-12-24(4)13-11-20/h6-9,14,20,23H,10-13H2,1-5H3. The first-order valence-electron chi connectivity index (χ1n) is 9.84. The molecule has 1 N–H and O–H groups in total. The Labute approximate surface area is 178 Å². The summed E-state index contributed by atoms with van der Waals surface area (Å²) < 4.78 is 34.2. The molecule has 1 fully saturated rings. The van der Waals surface area contributed by atoms with Gasteiger partial charge in [-0.1, -0.05) is 0 Å². The molecule has 1 aliphatic heterocycles. The van der Waals surface area contributed by atoms with E-state index in [1.54, 1.807) is 20.1 Å². The minimum absolute atomic E-state index is 0.320. The molecule has 0 saturated carbocycles.